The molecule has 0 bridgehead atoms. The van der Waals surface area contributed by atoms with Gasteiger partial charge in [-0.25, -0.2) is 4.90 Å². The molecule has 0 spiro atoms. The number of rotatable bonds is 1. The van der Waals surface area contributed by atoms with Gasteiger partial charge in [-0.1, -0.05) is 18.2 Å². The Kier molecular flexibility index (Phi) is 3.11. The summed E-state index contributed by atoms with van der Waals surface area (Å²) in [7, 11) is 0. The zero-order valence-corrected chi connectivity index (χ0v) is 13.7. The minimum atomic E-state index is -0.275. The van der Waals surface area contributed by atoms with Crippen molar-refractivity contribution in [2.45, 2.75) is 6.92 Å². The van der Waals surface area contributed by atoms with E-state index < -0.39 is 0 Å². The minimum Gasteiger partial charge on any atom is -0.268 e. The maximum absolute atomic E-state index is 12.5. The summed E-state index contributed by atoms with van der Waals surface area (Å²) in [5, 5.41) is 0. The Morgan fingerprint density at radius 3 is 2.05 bits per heavy atom. The van der Waals surface area contributed by atoms with Crippen LogP contribution in [0.25, 0.3) is 0 Å². The Bertz CT molecular complexity index is 687. The predicted molar refractivity (Wildman–Crippen MR) is 82.0 cm³/mol. The molecule has 0 saturated carbocycles. The lowest BCUT2D eigenvalue weighted by molar-refractivity contribution is 0.0925. The second-order valence-corrected chi connectivity index (χ2v) is 7.79. The molecule has 1 aromatic carbocycles. The van der Waals surface area contributed by atoms with E-state index in [1.165, 1.54) is 16.2 Å². The first kappa shape index (κ1) is 13.0. The summed E-state index contributed by atoms with van der Waals surface area (Å²) in [6.45, 7) is 1.88. The van der Waals surface area contributed by atoms with E-state index in [2.05, 4.69) is 31.9 Å². The summed E-state index contributed by atoms with van der Waals surface area (Å²) >= 11 is 8.03. The van der Waals surface area contributed by atoms with Crippen molar-refractivity contribution in [3.8, 4) is 0 Å². The van der Waals surface area contributed by atoms with Crippen LogP contribution in [-0.4, -0.2) is 11.8 Å². The third kappa shape index (κ3) is 1.81. The van der Waals surface area contributed by atoms with E-state index in [4.69, 9.17) is 0 Å². The molecule has 0 radical (unpaired) electrons. The van der Waals surface area contributed by atoms with Gasteiger partial charge in [-0.05, 0) is 50.4 Å². The summed E-state index contributed by atoms with van der Waals surface area (Å²) in [5.74, 6) is -0.550. The number of anilines is 1. The molecule has 0 unspecified atom stereocenters. The van der Waals surface area contributed by atoms with E-state index in [1.807, 2.05) is 25.1 Å². The highest BCUT2D eigenvalue weighted by molar-refractivity contribution is 9.12. The molecule has 1 aromatic heterocycles. The molecule has 2 aromatic rings. The summed E-state index contributed by atoms with van der Waals surface area (Å²) in [4.78, 5) is 26.1. The summed E-state index contributed by atoms with van der Waals surface area (Å²) in [6.07, 6.45) is 0. The van der Waals surface area contributed by atoms with Crippen LogP contribution in [0.2, 0.25) is 0 Å². The van der Waals surface area contributed by atoms with Crippen LogP contribution in [0, 0.1) is 6.92 Å². The maximum atomic E-state index is 12.5. The lowest BCUT2D eigenvalue weighted by Crippen LogP contribution is -2.30. The smallest absolute Gasteiger partial charge is 0.268 e. The summed E-state index contributed by atoms with van der Waals surface area (Å²) in [5.41, 5.74) is 2.43. The van der Waals surface area contributed by atoms with Gasteiger partial charge in [0.05, 0.1) is 24.4 Å². The number of amides is 2. The van der Waals surface area contributed by atoms with Gasteiger partial charge in [0.2, 0.25) is 0 Å². The van der Waals surface area contributed by atoms with Gasteiger partial charge >= 0.3 is 0 Å². The Hall–Kier alpha value is -0.980. The lowest BCUT2D eigenvalue weighted by Gasteiger charge is -2.16. The van der Waals surface area contributed by atoms with Crippen LogP contribution in [0.4, 0.5) is 5.69 Å². The fourth-order valence-corrected chi connectivity index (χ4v) is 5.21. The number of imide groups is 1. The van der Waals surface area contributed by atoms with Crippen molar-refractivity contribution >= 4 is 60.7 Å². The van der Waals surface area contributed by atoms with E-state index in [9.17, 15) is 9.59 Å². The molecular formula is C13H7Br2NO2S. The molecule has 96 valence electrons. The molecule has 3 rings (SSSR count). The molecule has 3 nitrogen and oxygen atoms in total. The first-order valence-corrected chi connectivity index (χ1v) is 7.85. The average Bonchev–Trinajstić information content (AvgIpc) is 2.79. The van der Waals surface area contributed by atoms with E-state index in [0.717, 1.165) is 5.56 Å². The molecule has 0 saturated heterocycles. The van der Waals surface area contributed by atoms with Crippen LogP contribution in [0.15, 0.2) is 31.8 Å². The van der Waals surface area contributed by atoms with Gasteiger partial charge in [0.15, 0.2) is 0 Å². The third-order valence-corrected chi connectivity index (χ3v) is 5.54. The fraction of sp³-hybridized carbons (Fsp3) is 0.0769. The number of aryl methyl sites for hydroxylation is 1. The monoisotopic (exact) mass is 399 g/mol. The molecule has 19 heavy (non-hydrogen) atoms. The van der Waals surface area contributed by atoms with Crippen LogP contribution < -0.4 is 4.90 Å². The van der Waals surface area contributed by atoms with Crippen molar-refractivity contribution < 1.29 is 9.59 Å². The van der Waals surface area contributed by atoms with Crippen LogP contribution in [0.3, 0.4) is 0 Å². The number of thiophene rings is 1. The van der Waals surface area contributed by atoms with Crippen molar-refractivity contribution in [2.75, 3.05) is 4.90 Å². The molecular weight excluding hydrogens is 394 g/mol. The van der Waals surface area contributed by atoms with Crippen molar-refractivity contribution in [2.24, 2.45) is 0 Å². The van der Waals surface area contributed by atoms with E-state index in [-0.39, 0.29) is 11.8 Å². The van der Waals surface area contributed by atoms with Gasteiger partial charge in [0, 0.05) is 0 Å². The first-order valence-electron chi connectivity index (χ1n) is 5.44. The second kappa shape index (κ2) is 4.54. The fourth-order valence-electron chi connectivity index (χ4n) is 2.11. The van der Waals surface area contributed by atoms with Gasteiger partial charge in [-0.15, -0.1) is 11.3 Å². The highest BCUT2D eigenvalue weighted by Gasteiger charge is 2.42. The molecule has 0 atom stereocenters. The second-order valence-electron chi connectivity index (χ2n) is 4.13. The normalized spacial score (nSPS) is 14.2. The van der Waals surface area contributed by atoms with E-state index >= 15 is 0 Å². The minimum absolute atomic E-state index is 0.275. The van der Waals surface area contributed by atoms with Gasteiger partial charge in [-0.3, -0.25) is 9.59 Å². The number of carbonyl (C=O) groups excluding carboxylic acids is 2. The maximum Gasteiger partial charge on any atom is 0.268 e. The standard InChI is InChI=1S/C13H7Br2NO2S/c1-6-4-2-3-5-7(6)16-12(17)8-9(13(16)18)11(15)19-10(8)14/h2-5H,1H3. The predicted octanol–water partition coefficient (Wildman–Crippen LogP) is 4.38. The Balaban J connectivity index is 2.19. The molecule has 2 amide bonds. The third-order valence-electron chi connectivity index (χ3n) is 3.01. The quantitative estimate of drug-likeness (QED) is 0.666. The number of benzene rings is 1. The number of hydrogen-bond donors (Lipinski definition) is 0. The SMILES string of the molecule is Cc1ccccc1N1C(=O)c2c(Br)sc(Br)c2C1=O. The summed E-state index contributed by atoms with van der Waals surface area (Å²) < 4.78 is 1.37. The molecule has 6 heteroatoms. The highest BCUT2D eigenvalue weighted by atomic mass is 79.9. The van der Waals surface area contributed by atoms with Crippen LogP contribution in [-0.2, 0) is 0 Å². The van der Waals surface area contributed by atoms with Gasteiger partial charge in [0.25, 0.3) is 11.8 Å². The van der Waals surface area contributed by atoms with E-state index in [0.29, 0.717) is 24.4 Å². The Morgan fingerprint density at radius 2 is 1.53 bits per heavy atom. The molecule has 2 heterocycles. The zero-order chi connectivity index (χ0) is 13.7. The molecule has 0 fully saturated rings. The first-order chi connectivity index (χ1) is 9.02. The molecule has 0 N–H and O–H groups in total. The van der Waals surface area contributed by atoms with Crippen LogP contribution in [0.5, 0.6) is 0 Å². The van der Waals surface area contributed by atoms with Crippen LogP contribution >= 0.6 is 43.2 Å². The largest absolute Gasteiger partial charge is 0.268 e. The zero-order valence-electron chi connectivity index (χ0n) is 9.74. The average molecular weight is 401 g/mol. The van der Waals surface area contributed by atoms with Crippen molar-refractivity contribution in [1.29, 1.82) is 0 Å². The number of nitrogens with zero attached hydrogens (tertiary/aromatic N) is 1. The van der Waals surface area contributed by atoms with Crippen molar-refractivity contribution in [1.82, 2.24) is 0 Å². The van der Waals surface area contributed by atoms with E-state index in [1.54, 1.807) is 6.07 Å². The van der Waals surface area contributed by atoms with Gasteiger partial charge < -0.3 is 0 Å². The van der Waals surface area contributed by atoms with Gasteiger partial charge in [-0.2, -0.15) is 0 Å². The Morgan fingerprint density at radius 1 is 1.00 bits per heavy atom. The topological polar surface area (TPSA) is 37.4 Å². The number of halogens is 2. The molecule has 1 aliphatic heterocycles. The van der Waals surface area contributed by atoms with Crippen LogP contribution in [0.1, 0.15) is 26.3 Å². The number of carbonyl (C=O) groups is 2. The lowest BCUT2D eigenvalue weighted by atomic mass is 10.2. The van der Waals surface area contributed by atoms with Crippen molar-refractivity contribution in [3.05, 3.63) is 48.5 Å². The molecule has 0 aliphatic carbocycles. The number of para-hydroxylation sites is 1. The van der Waals surface area contributed by atoms with Gasteiger partial charge in [0.1, 0.15) is 0 Å². The number of hydrogen-bond acceptors (Lipinski definition) is 3. The highest BCUT2D eigenvalue weighted by Crippen LogP contribution is 2.43. The van der Waals surface area contributed by atoms with Crippen molar-refractivity contribution in [3.63, 3.8) is 0 Å². The number of fused-ring (bicyclic) bond motifs is 1. The Labute approximate surface area is 130 Å². The summed E-state index contributed by atoms with van der Waals surface area (Å²) in [6, 6.07) is 7.36. The molecule has 1 aliphatic rings.